The molecule has 1 heterocycles. The molecule has 1 aromatic heterocycles. The average molecular weight is 576 g/mol. The van der Waals surface area contributed by atoms with Crippen LogP contribution in [0.1, 0.15) is 25.0 Å². The molecule has 7 aromatic carbocycles. The van der Waals surface area contributed by atoms with Crippen molar-refractivity contribution in [1.82, 2.24) is 15.0 Å². The molecule has 9 rings (SSSR count). The minimum Gasteiger partial charge on any atom is -0.208 e. The maximum Gasteiger partial charge on any atom is 0.164 e. The fraction of sp³-hybridized carbons (Fsp3) is 0.0714. The number of nitrogens with zero attached hydrogens (tertiary/aromatic N) is 3. The first-order valence-electron chi connectivity index (χ1n) is 15.5. The fourth-order valence-electron chi connectivity index (χ4n) is 7.21. The topological polar surface area (TPSA) is 38.7 Å². The molecule has 0 amide bonds. The van der Waals surface area contributed by atoms with Crippen LogP contribution in [-0.2, 0) is 5.41 Å². The van der Waals surface area contributed by atoms with Gasteiger partial charge in [-0.05, 0) is 72.8 Å². The molecule has 8 aromatic rings. The molecule has 3 heteroatoms. The Hall–Kier alpha value is -5.67. The Balaban J connectivity index is 1.25. The van der Waals surface area contributed by atoms with Gasteiger partial charge in [0.15, 0.2) is 17.5 Å². The van der Waals surface area contributed by atoms with Crippen LogP contribution in [0.15, 0.2) is 140 Å². The van der Waals surface area contributed by atoms with Crippen molar-refractivity contribution in [2.24, 2.45) is 0 Å². The Kier molecular flexibility index (Phi) is 5.54. The Labute approximate surface area is 261 Å². The summed E-state index contributed by atoms with van der Waals surface area (Å²) in [6, 6.07) is 49.5. The summed E-state index contributed by atoms with van der Waals surface area (Å²) in [7, 11) is 0. The summed E-state index contributed by atoms with van der Waals surface area (Å²) in [6.45, 7) is 4.68. The standard InChI is InChI=1S/C42H29N3/c1-42(2)37-23-28(41-44-39(26-13-5-3-6-14-26)43-40(45-41)27-15-7-4-8-16-27)21-22-33(37)36-24-34-31-19-11-9-17-29(31)30-18-10-12-20-32(30)35(34)25-38(36)42/h3-25H,1-2H3. The van der Waals surface area contributed by atoms with Gasteiger partial charge in [-0.2, -0.15) is 0 Å². The van der Waals surface area contributed by atoms with E-state index >= 15 is 0 Å². The minimum atomic E-state index is -0.195. The first-order chi connectivity index (χ1) is 22.1. The number of aromatic nitrogens is 3. The molecule has 3 nitrogen and oxygen atoms in total. The fourth-order valence-corrected chi connectivity index (χ4v) is 7.21. The molecular formula is C42H29N3. The van der Waals surface area contributed by atoms with Crippen LogP contribution >= 0.6 is 0 Å². The van der Waals surface area contributed by atoms with E-state index in [1.54, 1.807) is 0 Å². The van der Waals surface area contributed by atoms with Crippen molar-refractivity contribution in [3.8, 4) is 45.3 Å². The van der Waals surface area contributed by atoms with E-state index < -0.39 is 0 Å². The van der Waals surface area contributed by atoms with E-state index in [0.29, 0.717) is 17.5 Å². The minimum absolute atomic E-state index is 0.195. The van der Waals surface area contributed by atoms with E-state index in [2.05, 4.69) is 117 Å². The summed E-state index contributed by atoms with van der Waals surface area (Å²) in [5.74, 6) is 2.03. The Bertz CT molecular complexity index is 2390. The van der Waals surface area contributed by atoms with E-state index in [9.17, 15) is 0 Å². The molecular weight excluding hydrogens is 546 g/mol. The summed E-state index contributed by atoms with van der Waals surface area (Å²) >= 11 is 0. The van der Waals surface area contributed by atoms with Crippen molar-refractivity contribution >= 4 is 32.3 Å². The molecule has 1 aliphatic carbocycles. The Morgan fingerprint density at radius 1 is 0.356 bits per heavy atom. The Morgan fingerprint density at radius 3 is 1.31 bits per heavy atom. The van der Waals surface area contributed by atoms with Crippen molar-refractivity contribution in [2.75, 3.05) is 0 Å². The third kappa shape index (κ3) is 3.94. The first kappa shape index (κ1) is 25.8. The van der Waals surface area contributed by atoms with Crippen molar-refractivity contribution in [3.63, 3.8) is 0 Å². The summed E-state index contributed by atoms with van der Waals surface area (Å²) in [5.41, 5.74) is 7.97. The summed E-state index contributed by atoms with van der Waals surface area (Å²) in [6.07, 6.45) is 0. The van der Waals surface area contributed by atoms with Gasteiger partial charge in [-0.1, -0.05) is 135 Å². The molecule has 45 heavy (non-hydrogen) atoms. The van der Waals surface area contributed by atoms with E-state index in [1.807, 2.05) is 36.4 Å². The van der Waals surface area contributed by atoms with Gasteiger partial charge in [-0.3, -0.25) is 0 Å². The second kappa shape index (κ2) is 9.67. The molecule has 0 unspecified atom stereocenters. The lowest BCUT2D eigenvalue weighted by molar-refractivity contribution is 0.661. The zero-order valence-electron chi connectivity index (χ0n) is 25.1. The molecule has 212 valence electrons. The van der Waals surface area contributed by atoms with Gasteiger partial charge in [0.25, 0.3) is 0 Å². The molecule has 0 aliphatic heterocycles. The molecule has 0 spiro atoms. The first-order valence-corrected chi connectivity index (χ1v) is 15.5. The SMILES string of the molecule is CC1(C)c2cc(-c3nc(-c4ccccc4)nc(-c4ccccc4)n3)ccc2-c2cc3c4ccccc4c4ccccc4c3cc21. The van der Waals surface area contributed by atoms with Crippen LogP contribution < -0.4 is 0 Å². The van der Waals surface area contributed by atoms with Gasteiger partial charge < -0.3 is 0 Å². The van der Waals surface area contributed by atoms with Crippen molar-refractivity contribution in [2.45, 2.75) is 19.3 Å². The van der Waals surface area contributed by atoms with Crippen molar-refractivity contribution in [3.05, 3.63) is 151 Å². The third-order valence-corrected chi connectivity index (χ3v) is 9.50. The van der Waals surface area contributed by atoms with Gasteiger partial charge in [-0.25, -0.2) is 15.0 Å². The molecule has 0 radical (unpaired) electrons. The number of benzene rings is 7. The quantitative estimate of drug-likeness (QED) is 0.197. The highest BCUT2D eigenvalue weighted by molar-refractivity contribution is 6.26. The largest absolute Gasteiger partial charge is 0.208 e. The Morgan fingerprint density at radius 2 is 0.778 bits per heavy atom. The van der Waals surface area contributed by atoms with Gasteiger partial charge in [0.2, 0.25) is 0 Å². The zero-order chi connectivity index (χ0) is 30.1. The zero-order valence-corrected chi connectivity index (χ0v) is 25.1. The normalized spacial score (nSPS) is 13.3. The monoisotopic (exact) mass is 575 g/mol. The third-order valence-electron chi connectivity index (χ3n) is 9.50. The van der Waals surface area contributed by atoms with Gasteiger partial charge in [0.05, 0.1) is 0 Å². The number of fused-ring (bicyclic) bond motifs is 9. The molecule has 0 saturated carbocycles. The van der Waals surface area contributed by atoms with Gasteiger partial charge >= 0.3 is 0 Å². The predicted molar refractivity (Wildman–Crippen MR) is 186 cm³/mol. The predicted octanol–water partition coefficient (Wildman–Crippen LogP) is 10.6. The van der Waals surface area contributed by atoms with Gasteiger partial charge in [0.1, 0.15) is 0 Å². The molecule has 0 atom stereocenters. The van der Waals surface area contributed by atoms with Gasteiger partial charge in [-0.15, -0.1) is 0 Å². The molecule has 0 N–H and O–H groups in total. The highest BCUT2D eigenvalue weighted by Gasteiger charge is 2.36. The lowest BCUT2D eigenvalue weighted by Gasteiger charge is -2.23. The second-order valence-electron chi connectivity index (χ2n) is 12.5. The van der Waals surface area contributed by atoms with Crippen LogP contribution in [0, 0.1) is 0 Å². The highest BCUT2D eigenvalue weighted by atomic mass is 15.0. The van der Waals surface area contributed by atoms with Crippen LogP contribution in [0.3, 0.4) is 0 Å². The second-order valence-corrected chi connectivity index (χ2v) is 12.5. The maximum atomic E-state index is 5.01. The van der Waals surface area contributed by atoms with E-state index in [0.717, 1.165) is 16.7 Å². The van der Waals surface area contributed by atoms with Crippen molar-refractivity contribution < 1.29 is 0 Å². The summed E-state index contributed by atoms with van der Waals surface area (Å²) in [5, 5.41) is 7.80. The highest BCUT2D eigenvalue weighted by Crippen LogP contribution is 2.52. The number of hydrogen-bond acceptors (Lipinski definition) is 3. The van der Waals surface area contributed by atoms with Crippen LogP contribution in [0.2, 0.25) is 0 Å². The summed E-state index contributed by atoms with van der Waals surface area (Å²) < 4.78 is 0. The number of hydrogen-bond donors (Lipinski definition) is 0. The van der Waals surface area contributed by atoms with Crippen LogP contribution in [-0.4, -0.2) is 15.0 Å². The molecule has 0 saturated heterocycles. The van der Waals surface area contributed by atoms with Gasteiger partial charge in [0, 0.05) is 22.1 Å². The average Bonchev–Trinajstić information content (AvgIpc) is 3.33. The maximum absolute atomic E-state index is 5.01. The number of rotatable bonds is 3. The molecule has 0 fully saturated rings. The lowest BCUT2D eigenvalue weighted by Crippen LogP contribution is -2.15. The van der Waals surface area contributed by atoms with E-state index in [4.69, 9.17) is 15.0 Å². The van der Waals surface area contributed by atoms with E-state index in [-0.39, 0.29) is 5.41 Å². The lowest BCUT2D eigenvalue weighted by atomic mass is 9.80. The van der Waals surface area contributed by atoms with Crippen LogP contribution in [0.25, 0.3) is 77.6 Å². The van der Waals surface area contributed by atoms with Crippen LogP contribution in [0.4, 0.5) is 0 Å². The van der Waals surface area contributed by atoms with Crippen LogP contribution in [0.5, 0.6) is 0 Å². The molecule has 0 bridgehead atoms. The smallest absolute Gasteiger partial charge is 0.164 e. The van der Waals surface area contributed by atoms with Crippen molar-refractivity contribution in [1.29, 1.82) is 0 Å². The summed E-state index contributed by atoms with van der Waals surface area (Å²) in [4.78, 5) is 14.9. The molecule has 1 aliphatic rings. The van der Waals surface area contributed by atoms with E-state index in [1.165, 1.54) is 54.6 Å².